The third-order valence-corrected chi connectivity index (χ3v) is 6.96. The number of nitrogens with one attached hydrogen (secondary N) is 2. The van der Waals surface area contributed by atoms with E-state index < -0.39 is 10.0 Å². The van der Waals surface area contributed by atoms with Gasteiger partial charge in [0.2, 0.25) is 11.8 Å². The van der Waals surface area contributed by atoms with Gasteiger partial charge in [0.25, 0.3) is 10.0 Å². The zero-order chi connectivity index (χ0) is 22.0. The van der Waals surface area contributed by atoms with E-state index in [2.05, 4.69) is 46.9 Å². The topological polar surface area (TPSA) is 93.2 Å². The molecule has 166 valence electrons. The maximum Gasteiger partial charge on any atom is 0.264 e. The van der Waals surface area contributed by atoms with Crippen LogP contribution in [0.2, 0.25) is 0 Å². The Bertz CT molecular complexity index is 1080. The van der Waals surface area contributed by atoms with Gasteiger partial charge in [0.05, 0.1) is 16.6 Å². The summed E-state index contributed by atoms with van der Waals surface area (Å²) in [6.45, 7) is 6.96. The van der Waals surface area contributed by atoms with E-state index >= 15 is 0 Å². The fourth-order valence-corrected chi connectivity index (χ4v) is 4.99. The van der Waals surface area contributed by atoms with Crippen molar-refractivity contribution in [3.05, 3.63) is 42.1 Å². The van der Waals surface area contributed by atoms with E-state index in [-0.39, 0.29) is 16.9 Å². The lowest BCUT2D eigenvalue weighted by molar-refractivity contribution is 0.271. The molecule has 2 atom stereocenters. The number of fused-ring (bicyclic) bond motifs is 4. The molecule has 1 aliphatic heterocycles. The number of anilines is 2. The van der Waals surface area contributed by atoms with Crippen LogP contribution in [0.4, 0.5) is 11.6 Å². The van der Waals surface area contributed by atoms with Gasteiger partial charge in [-0.15, -0.1) is 0 Å². The van der Waals surface area contributed by atoms with Crippen LogP contribution in [-0.2, 0) is 10.0 Å². The number of benzene rings is 1. The summed E-state index contributed by atoms with van der Waals surface area (Å²) in [5.41, 5.74) is 2.56. The molecule has 8 heteroatoms. The number of nitrogens with zero attached hydrogens (tertiary/aromatic N) is 2. The number of ether oxygens (including phenoxy) is 1. The minimum atomic E-state index is -3.83. The van der Waals surface area contributed by atoms with Crippen LogP contribution in [0, 0.1) is 11.8 Å². The molecule has 4 bridgehead atoms. The number of aromatic nitrogens is 2. The number of rotatable bonds is 3. The van der Waals surface area contributed by atoms with E-state index in [0.29, 0.717) is 30.0 Å². The van der Waals surface area contributed by atoms with Crippen LogP contribution in [0.1, 0.15) is 52.1 Å². The number of allylic oxidation sites excluding steroid dienone is 2. The zero-order valence-corrected chi connectivity index (χ0v) is 19.1. The first-order chi connectivity index (χ1) is 14.8. The fraction of sp³-hybridized carbons (Fsp3) is 0.478. The molecule has 0 saturated heterocycles. The third-order valence-electron chi connectivity index (χ3n) is 5.63. The van der Waals surface area contributed by atoms with E-state index in [1.54, 1.807) is 18.2 Å². The van der Waals surface area contributed by atoms with E-state index in [9.17, 15) is 8.42 Å². The van der Waals surface area contributed by atoms with Crippen molar-refractivity contribution in [3.63, 3.8) is 0 Å². The van der Waals surface area contributed by atoms with Gasteiger partial charge in [-0.25, -0.2) is 18.1 Å². The SMILES string of the molecule is CC(C)C[C@@H]1COc2cc(C3=CCC(C)CC3)nc(n2)NS(=O)(=O)c2cccc(c2)N1. The molecule has 0 amide bonds. The molecule has 31 heavy (non-hydrogen) atoms. The van der Waals surface area contributed by atoms with Crippen LogP contribution in [-0.4, -0.2) is 31.0 Å². The average molecular weight is 443 g/mol. The van der Waals surface area contributed by atoms with Crippen molar-refractivity contribution in [1.29, 1.82) is 0 Å². The summed E-state index contributed by atoms with van der Waals surface area (Å²) >= 11 is 0. The van der Waals surface area contributed by atoms with Crippen LogP contribution in [0.5, 0.6) is 5.88 Å². The highest BCUT2D eigenvalue weighted by Gasteiger charge is 2.22. The first-order valence-electron chi connectivity index (χ1n) is 10.9. The molecular weight excluding hydrogens is 412 g/mol. The van der Waals surface area contributed by atoms with E-state index in [0.717, 1.165) is 36.9 Å². The largest absolute Gasteiger partial charge is 0.475 e. The highest BCUT2D eigenvalue weighted by atomic mass is 32.2. The molecule has 0 saturated carbocycles. The van der Waals surface area contributed by atoms with Crippen molar-refractivity contribution in [2.75, 3.05) is 16.6 Å². The normalized spacial score (nSPS) is 22.8. The quantitative estimate of drug-likeness (QED) is 0.716. The van der Waals surface area contributed by atoms with Crippen LogP contribution in [0.3, 0.4) is 0 Å². The minimum Gasteiger partial charge on any atom is -0.475 e. The maximum atomic E-state index is 13.0. The molecular formula is C23H30N4O3S. The van der Waals surface area contributed by atoms with Gasteiger partial charge < -0.3 is 10.1 Å². The number of hydrogen-bond acceptors (Lipinski definition) is 6. The van der Waals surface area contributed by atoms with Gasteiger partial charge in [-0.1, -0.05) is 32.9 Å². The highest BCUT2D eigenvalue weighted by Crippen LogP contribution is 2.31. The Morgan fingerprint density at radius 3 is 2.81 bits per heavy atom. The molecule has 0 fully saturated rings. The Morgan fingerprint density at radius 2 is 2.06 bits per heavy atom. The number of hydrogen-bond donors (Lipinski definition) is 2. The molecule has 4 rings (SSSR count). The van der Waals surface area contributed by atoms with Gasteiger partial charge in [-0.2, -0.15) is 4.98 Å². The van der Waals surface area contributed by atoms with E-state index in [1.807, 2.05) is 12.1 Å². The lowest BCUT2D eigenvalue weighted by Crippen LogP contribution is -2.29. The molecule has 1 aliphatic carbocycles. The van der Waals surface area contributed by atoms with Crippen LogP contribution in [0.15, 0.2) is 41.3 Å². The summed E-state index contributed by atoms with van der Waals surface area (Å²) in [6, 6.07) is 8.63. The smallest absolute Gasteiger partial charge is 0.264 e. The molecule has 7 nitrogen and oxygen atoms in total. The Kier molecular flexibility index (Phi) is 6.18. The minimum absolute atomic E-state index is 0.0157. The molecule has 2 heterocycles. The lowest BCUT2D eigenvalue weighted by Gasteiger charge is -2.23. The van der Waals surface area contributed by atoms with Crippen molar-refractivity contribution in [2.45, 2.75) is 57.4 Å². The summed E-state index contributed by atoms with van der Waals surface area (Å²) in [5, 5.41) is 3.42. The van der Waals surface area contributed by atoms with Gasteiger partial charge in [-0.3, -0.25) is 0 Å². The predicted molar refractivity (Wildman–Crippen MR) is 123 cm³/mol. The Labute approximate surface area is 184 Å². The molecule has 1 aromatic carbocycles. The molecule has 1 unspecified atom stereocenters. The summed E-state index contributed by atoms with van der Waals surface area (Å²) in [4.78, 5) is 9.03. The van der Waals surface area contributed by atoms with Gasteiger partial charge in [0, 0.05) is 11.8 Å². The number of sulfonamides is 1. The lowest BCUT2D eigenvalue weighted by atomic mass is 9.89. The molecule has 2 N–H and O–H groups in total. The van der Waals surface area contributed by atoms with Gasteiger partial charge in [0.15, 0.2) is 0 Å². The van der Waals surface area contributed by atoms with Crippen molar-refractivity contribution in [3.8, 4) is 5.88 Å². The summed E-state index contributed by atoms with van der Waals surface area (Å²) in [7, 11) is -3.83. The second-order valence-electron chi connectivity index (χ2n) is 8.94. The molecule has 0 radical (unpaired) electrons. The first-order valence-corrected chi connectivity index (χ1v) is 12.4. The second-order valence-corrected chi connectivity index (χ2v) is 10.6. The standard InChI is InChI=1S/C23H30N4O3S/c1-15(2)11-19-14-30-22-13-21(17-9-7-16(3)8-10-17)25-23(26-22)27-31(28,29)20-6-4-5-18(12-20)24-19/h4-6,9,12-13,15-16,19,24H,7-8,10-11,14H2,1-3H3,(H,25,26,27)/t16?,19-/m1/s1. The monoisotopic (exact) mass is 442 g/mol. The van der Waals surface area contributed by atoms with Crippen molar-refractivity contribution in [2.24, 2.45) is 11.8 Å². The molecule has 2 aromatic rings. The zero-order valence-electron chi connectivity index (χ0n) is 18.3. The van der Waals surface area contributed by atoms with E-state index in [1.165, 1.54) is 0 Å². The van der Waals surface area contributed by atoms with Crippen LogP contribution >= 0.6 is 0 Å². The molecule has 2 aliphatic rings. The summed E-state index contributed by atoms with van der Waals surface area (Å²) in [6.07, 6.45) is 6.05. The third kappa shape index (κ3) is 5.36. The van der Waals surface area contributed by atoms with Crippen molar-refractivity contribution < 1.29 is 13.2 Å². The molecule has 1 aromatic heterocycles. The first kappa shape index (κ1) is 21.6. The Morgan fingerprint density at radius 1 is 1.23 bits per heavy atom. The average Bonchev–Trinajstić information content (AvgIpc) is 2.71. The fourth-order valence-electron chi connectivity index (χ4n) is 4.00. The van der Waals surface area contributed by atoms with Crippen LogP contribution in [0.25, 0.3) is 5.57 Å². The predicted octanol–water partition coefficient (Wildman–Crippen LogP) is 4.70. The van der Waals surface area contributed by atoms with Crippen LogP contribution < -0.4 is 14.8 Å². The Hall–Kier alpha value is -2.61. The molecule has 0 spiro atoms. The summed E-state index contributed by atoms with van der Waals surface area (Å²) in [5.74, 6) is 1.51. The Balaban J connectivity index is 1.75. The van der Waals surface area contributed by atoms with Gasteiger partial charge in [0.1, 0.15) is 6.61 Å². The van der Waals surface area contributed by atoms with Gasteiger partial charge in [-0.05, 0) is 61.3 Å². The van der Waals surface area contributed by atoms with Crippen molar-refractivity contribution >= 4 is 27.2 Å². The summed E-state index contributed by atoms with van der Waals surface area (Å²) < 4.78 is 34.6. The van der Waals surface area contributed by atoms with Gasteiger partial charge >= 0.3 is 0 Å². The maximum absolute atomic E-state index is 13.0. The second kappa shape index (κ2) is 8.86. The van der Waals surface area contributed by atoms with Crippen molar-refractivity contribution in [1.82, 2.24) is 9.97 Å². The highest BCUT2D eigenvalue weighted by molar-refractivity contribution is 7.92. The van der Waals surface area contributed by atoms with E-state index in [4.69, 9.17) is 4.74 Å².